The molecule has 24 heavy (non-hydrogen) atoms. The highest BCUT2D eigenvalue weighted by Gasteiger charge is 2.31. The third-order valence-corrected chi connectivity index (χ3v) is 4.57. The molecule has 1 aliphatic rings. The monoisotopic (exact) mass is 337 g/mol. The van der Waals surface area contributed by atoms with Crippen LogP contribution in [0.15, 0.2) is 12.1 Å². The predicted molar refractivity (Wildman–Crippen MR) is 91.0 cm³/mol. The molecule has 0 aliphatic carbocycles. The van der Waals surface area contributed by atoms with E-state index < -0.39 is 5.97 Å². The lowest BCUT2D eigenvalue weighted by Crippen LogP contribution is -2.44. The fraction of sp³-hybridized carbons (Fsp3) is 0.611. The summed E-state index contributed by atoms with van der Waals surface area (Å²) in [5.74, 6) is 0.0238. The van der Waals surface area contributed by atoms with Crippen molar-refractivity contribution in [3.63, 3.8) is 0 Å². The molecular formula is C18H27NO5. The number of carbonyl (C=O) groups is 1. The van der Waals surface area contributed by atoms with Crippen molar-refractivity contribution in [2.24, 2.45) is 0 Å². The van der Waals surface area contributed by atoms with Gasteiger partial charge in [0.05, 0.1) is 25.4 Å². The van der Waals surface area contributed by atoms with E-state index in [0.29, 0.717) is 36.3 Å². The van der Waals surface area contributed by atoms with E-state index in [0.717, 1.165) is 12.8 Å². The number of hydrogen-bond acceptors (Lipinski definition) is 5. The first kappa shape index (κ1) is 18.5. The van der Waals surface area contributed by atoms with E-state index in [-0.39, 0.29) is 11.2 Å². The average molecular weight is 337 g/mol. The Hall–Kier alpha value is -1.79. The van der Waals surface area contributed by atoms with Gasteiger partial charge in [-0.05, 0) is 39.8 Å². The normalized spacial score (nSPS) is 20.0. The second kappa shape index (κ2) is 7.40. The van der Waals surface area contributed by atoms with Crippen molar-refractivity contribution in [2.45, 2.75) is 44.9 Å². The second-order valence-corrected chi connectivity index (χ2v) is 6.83. The van der Waals surface area contributed by atoms with Crippen molar-refractivity contribution >= 4 is 5.97 Å². The molecule has 0 aromatic heterocycles. The third kappa shape index (κ3) is 4.19. The molecule has 1 aromatic carbocycles. The molecule has 1 atom stereocenters. The first-order valence-electron chi connectivity index (χ1n) is 8.10. The van der Waals surface area contributed by atoms with Crippen molar-refractivity contribution in [3.8, 4) is 11.5 Å². The molecule has 1 saturated heterocycles. The maximum Gasteiger partial charge on any atom is 0.336 e. The third-order valence-electron chi connectivity index (χ3n) is 4.57. The number of carboxylic acid groups (broad SMARTS) is 1. The van der Waals surface area contributed by atoms with Gasteiger partial charge >= 0.3 is 5.97 Å². The van der Waals surface area contributed by atoms with E-state index in [4.69, 9.17) is 14.2 Å². The molecule has 1 heterocycles. The number of carboxylic acids is 1. The van der Waals surface area contributed by atoms with Gasteiger partial charge in [0, 0.05) is 30.8 Å². The first-order chi connectivity index (χ1) is 11.3. The summed E-state index contributed by atoms with van der Waals surface area (Å²) < 4.78 is 16.4. The quantitative estimate of drug-likeness (QED) is 0.861. The van der Waals surface area contributed by atoms with E-state index in [1.165, 1.54) is 7.11 Å². The number of hydrogen-bond donors (Lipinski definition) is 1. The molecule has 0 saturated carbocycles. The van der Waals surface area contributed by atoms with Gasteiger partial charge in [-0.25, -0.2) is 4.79 Å². The molecule has 1 aromatic rings. The Bertz CT molecular complexity index is 599. The topological polar surface area (TPSA) is 68.2 Å². The Kier molecular flexibility index (Phi) is 5.72. The van der Waals surface area contributed by atoms with Gasteiger partial charge in [-0.1, -0.05) is 0 Å². The van der Waals surface area contributed by atoms with Crippen LogP contribution < -0.4 is 9.47 Å². The van der Waals surface area contributed by atoms with Crippen molar-refractivity contribution in [1.82, 2.24) is 4.90 Å². The highest BCUT2D eigenvalue weighted by atomic mass is 16.5. The molecule has 0 spiro atoms. The first-order valence-corrected chi connectivity index (χ1v) is 8.10. The van der Waals surface area contributed by atoms with E-state index in [1.807, 2.05) is 7.05 Å². The molecule has 0 unspecified atom stereocenters. The van der Waals surface area contributed by atoms with Crippen molar-refractivity contribution in [1.29, 1.82) is 0 Å². The van der Waals surface area contributed by atoms with Gasteiger partial charge in [-0.2, -0.15) is 0 Å². The van der Waals surface area contributed by atoms with E-state index >= 15 is 0 Å². The fourth-order valence-corrected chi connectivity index (χ4v) is 3.23. The summed E-state index contributed by atoms with van der Waals surface area (Å²) in [7, 11) is 5.07. The van der Waals surface area contributed by atoms with Gasteiger partial charge in [-0.3, -0.25) is 4.90 Å². The van der Waals surface area contributed by atoms with Crippen LogP contribution in [-0.2, 0) is 11.3 Å². The van der Waals surface area contributed by atoms with Crippen LogP contribution in [0.5, 0.6) is 11.5 Å². The van der Waals surface area contributed by atoms with Crippen LogP contribution in [0, 0.1) is 0 Å². The van der Waals surface area contributed by atoms with E-state index in [1.54, 1.807) is 19.2 Å². The van der Waals surface area contributed by atoms with E-state index in [2.05, 4.69) is 18.7 Å². The Labute approximate surface area is 143 Å². The number of rotatable bonds is 6. The van der Waals surface area contributed by atoms with Crippen LogP contribution in [0.1, 0.15) is 42.6 Å². The Morgan fingerprint density at radius 2 is 2.08 bits per heavy atom. The predicted octanol–water partition coefficient (Wildman–Crippen LogP) is 2.79. The fourth-order valence-electron chi connectivity index (χ4n) is 3.23. The average Bonchev–Trinajstić information content (AvgIpc) is 2.53. The Balaban J connectivity index is 2.29. The number of benzene rings is 1. The van der Waals surface area contributed by atoms with Crippen LogP contribution in [0.2, 0.25) is 0 Å². The lowest BCUT2D eigenvalue weighted by atomic mass is 9.92. The minimum atomic E-state index is -0.983. The summed E-state index contributed by atoms with van der Waals surface area (Å²) >= 11 is 0. The summed E-state index contributed by atoms with van der Waals surface area (Å²) in [4.78, 5) is 13.9. The lowest BCUT2D eigenvalue weighted by Gasteiger charge is -2.40. The zero-order chi connectivity index (χ0) is 17.9. The largest absolute Gasteiger partial charge is 0.497 e. The number of ether oxygens (including phenoxy) is 3. The zero-order valence-corrected chi connectivity index (χ0v) is 15.1. The number of methoxy groups -OCH3 is 2. The molecule has 6 nitrogen and oxygen atoms in total. The summed E-state index contributed by atoms with van der Waals surface area (Å²) in [5.41, 5.74) is 0.721. The molecule has 1 N–H and O–H groups in total. The van der Waals surface area contributed by atoms with Crippen molar-refractivity contribution < 1.29 is 24.1 Å². The standard InChI is InChI=1S/C18H27NO5/c1-18(2)10-12(6-7-24-18)19(3)11-15-14(17(20)21)8-13(22-4)9-16(15)23-5/h8-9,12H,6-7,10-11H2,1-5H3,(H,20,21)/t12-/m1/s1. The number of nitrogens with zero attached hydrogens (tertiary/aromatic N) is 1. The molecule has 6 heteroatoms. The summed E-state index contributed by atoms with van der Waals surface area (Å²) in [6.07, 6.45) is 1.84. The van der Waals surface area contributed by atoms with Crippen LogP contribution in [-0.4, -0.2) is 55.5 Å². The molecule has 0 bridgehead atoms. The zero-order valence-electron chi connectivity index (χ0n) is 15.1. The van der Waals surface area contributed by atoms with Gasteiger partial charge in [0.15, 0.2) is 0 Å². The maximum absolute atomic E-state index is 11.7. The summed E-state index contributed by atoms with van der Waals surface area (Å²) in [5, 5.41) is 9.56. The van der Waals surface area contributed by atoms with Crippen LogP contribution in [0.25, 0.3) is 0 Å². The molecule has 134 valence electrons. The van der Waals surface area contributed by atoms with Gasteiger partial charge in [-0.15, -0.1) is 0 Å². The van der Waals surface area contributed by atoms with E-state index in [9.17, 15) is 9.90 Å². The molecule has 0 radical (unpaired) electrons. The Morgan fingerprint density at radius 3 is 2.62 bits per heavy atom. The lowest BCUT2D eigenvalue weighted by molar-refractivity contribution is -0.0810. The highest BCUT2D eigenvalue weighted by molar-refractivity contribution is 5.91. The molecule has 2 rings (SSSR count). The molecule has 0 amide bonds. The highest BCUT2D eigenvalue weighted by Crippen LogP contribution is 2.32. The summed E-state index contributed by atoms with van der Waals surface area (Å²) in [6, 6.07) is 3.60. The second-order valence-electron chi connectivity index (χ2n) is 6.83. The van der Waals surface area contributed by atoms with Crippen LogP contribution >= 0.6 is 0 Å². The molecule has 1 aliphatic heterocycles. The number of aromatic carboxylic acids is 1. The molecular weight excluding hydrogens is 310 g/mol. The smallest absolute Gasteiger partial charge is 0.336 e. The van der Waals surface area contributed by atoms with Crippen LogP contribution in [0.4, 0.5) is 0 Å². The minimum absolute atomic E-state index is 0.156. The van der Waals surface area contributed by atoms with Crippen molar-refractivity contribution in [2.75, 3.05) is 27.9 Å². The van der Waals surface area contributed by atoms with Gasteiger partial charge in [0.1, 0.15) is 11.5 Å². The maximum atomic E-state index is 11.7. The van der Waals surface area contributed by atoms with Gasteiger partial charge in [0.25, 0.3) is 0 Å². The minimum Gasteiger partial charge on any atom is -0.497 e. The van der Waals surface area contributed by atoms with Gasteiger partial charge in [0.2, 0.25) is 0 Å². The van der Waals surface area contributed by atoms with Crippen LogP contribution in [0.3, 0.4) is 0 Å². The summed E-state index contributed by atoms with van der Waals surface area (Å²) in [6.45, 7) is 5.39. The van der Waals surface area contributed by atoms with Gasteiger partial charge < -0.3 is 19.3 Å². The molecule has 1 fully saturated rings. The van der Waals surface area contributed by atoms with Crippen molar-refractivity contribution in [3.05, 3.63) is 23.3 Å². The SMILES string of the molecule is COc1cc(OC)c(CN(C)[C@@H]2CCOC(C)(C)C2)c(C(=O)O)c1. The Morgan fingerprint density at radius 1 is 1.38 bits per heavy atom.